The molecule has 2 rings (SSSR count). The van der Waals surface area contributed by atoms with Crippen LogP contribution in [0, 0.1) is 17.8 Å². The van der Waals surface area contributed by atoms with E-state index in [2.05, 4.69) is 24.5 Å². The van der Waals surface area contributed by atoms with Gasteiger partial charge in [-0.1, -0.05) is 53.0 Å². The number of esters is 3. The van der Waals surface area contributed by atoms with Gasteiger partial charge in [0.25, 0.3) is 5.91 Å². The average Bonchev–Trinajstić information content (AvgIpc) is 2.94. The number of anilines is 1. The summed E-state index contributed by atoms with van der Waals surface area (Å²) in [7, 11) is 0. The molecule has 2 amide bonds. The SMILES string of the molecule is CC[C@@H](C)CCC[C@H]1C(=O)O[C@H](C)[C@H](NC(=O)c2cccc(NC=O)c2O)C(=O)O[C@@H](C)[C@@H]1OC(=O)[C@@H](C)CC. The molecule has 11 nitrogen and oxygen atoms in total. The molecule has 7 atom stereocenters. The van der Waals surface area contributed by atoms with Gasteiger partial charge in [0.2, 0.25) is 6.41 Å². The van der Waals surface area contributed by atoms with Crippen LogP contribution in [-0.4, -0.2) is 59.7 Å². The van der Waals surface area contributed by atoms with Gasteiger partial charge in [0, 0.05) is 0 Å². The highest BCUT2D eigenvalue weighted by Gasteiger charge is 2.44. The topological polar surface area (TPSA) is 157 Å². The van der Waals surface area contributed by atoms with Gasteiger partial charge in [-0.25, -0.2) is 4.79 Å². The maximum absolute atomic E-state index is 13.5. The Bertz CT molecular complexity index is 1060. The van der Waals surface area contributed by atoms with Crippen molar-refractivity contribution in [2.45, 2.75) is 98.0 Å². The summed E-state index contributed by atoms with van der Waals surface area (Å²) in [4.78, 5) is 63.3. The molecule has 11 heteroatoms. The van der Waals surface area contributed by atoms with Crippen molar-refractivity contribution >= 4 is 35.9 Å². The first kappa shape index (κ1) is 32.6. The normalized spacial score (nSPS) is 24.7. The number of carbonyl (C=O) groups is 5. The van der Waals surface area contributed by atoms with Crippen LogP contribution in [0.3, 0.4) is 0 Å². The molecule has 1 heterocycles. The number of amides is 2. The van der Waals surface area contributed by atoms with Gasteiger partial charge in [-0.05, 0) is 44.7 Å². The van der Waals surface area contributed by atoms with Gasteiger partial charge < -0.3 is 30.0 Å². The first-order valence-electron chi connectivity index (χ1n) is 13.9. The summed E-state index contributed by atoms with van der Waals surface area (Å²) >= 11 is 0. The molecule has 1 aliphatic heterocycles. The van der Waals surface area contributed by atoms with E-state index in [1.807, 2.05) is 6.92 Å². The molecule has 0 radical (unpaired) electrons. The number of phenols is 1. The highest BCUT2D eigenvalue weighted by molar-refractivity contribution is 6.01. The zero-order valence-electron chi connectivity index (χ0n) is 24.1. The Morgan fingerprint density at radius 2 is 1.75 bits per heavy atom. The van der Waals surface area contributed by atoms with Crippen molar-refractivity contribution in [3.8, 4) is 5.75 Å². The fraction of sp³-hybridized carbons (Fsp3) is 0.621. The van der Waals surface area contributed by atoms with Crippen LogP contribution in [0.25, 0.3) is 0 Å². The number of carbonyl (C=O) groups excluding carboxylic acids is 5. The Morgan fingerprint density at radius 1 is 1.07 bits per heavy atom. The van der Waals surface area contributed by atoms with Crippen LogP contribution < -0.4 is 10.6 Å². The van der Waals surface area contributed by atoms with E-state index in [9.17, 15) is 29.1 Å². The Labute approximate surface area is 235 Å². The number of nitrogens with one attached hydrogen (secondary N) is 2. The summed E-state index contributed by atoms with van der Waals surface area (Å²) in [6, 6.07) is 2.71. The zero-order chi connectivity index (χ0) is 30.0. The Hall–Kier alpha value is -3.63. The molecule has 1 fully saturated rings. The minimum absolute atomic E-state index is 0.000935. The fourth-order valence-corrected chi connectivity index (χ4v) is 4.38. The van der Waals surface area contributed by atoms with E-state index < -0.39 is 65.8 Å². The van der Waals surface area contributed by atoms with Crippen molar-refractivity contribution in [3.05, 3.63) is 23.8 Å². The van der Waals surface area contributed by atoms with Gasteiger partial charge in [0.1, 0.15) is 12.2 Å². The molecule has 0 aromatic heterocycles. The first-order valence-corrected chi connectivity index (χ1v) is 13.9. The number of hydrogen-bond acceptors (Lipinski definition) is 9. The minimum atomic E-state index is -1.43. The average molecular weight is 563 g/mol. The molecule has 1 aromatic carbocycles. The molecular weight excluding hydrogens is 520 g/mol. The fourth-order valence-electron chi connectivity index (χ4n) is 4.38. The molecule has 1 aromatic rings. The first-order chi connectivity index (χ1) is 18.9. The summed E-state index contributed by atoms with van der Waals surface area (Å²) in [6.07, 6.45) is 0.517. The van der Waals surface area contributed by atoms with Crippen LogP contribution >= 0.6 is 0 Å². The van der Waals surface area contributed by atoms with Crippen molar-refractivity contribution in [1.29, 1.82) is 0 Å². The third-order valence-corrected chi connectivity index (χ3v) is 7.45. The van der Waals surface area contributed by atoms with Crippen LogP contribution in [0.2, 0.25) is 0 Å². The standard InChI is InChI=1S/C29H42N2O9/c1-7-16(3)11-9-13-21-25(40-27(35)17(4)8-2)19(6)39-29(37)23(18(5)38-28(21)36)31-26(34)20-12-10-14-22(24(20)33)30-15-32/h10,12,14-19,21,23,25,33H,7-9,11,13H2,1-6H3,(H,30,32)(H,31,34)/t16-,17+,18-,19+,21-,23+,25+/m1/s1. The summed E-state index contributed by atoms with van der Waals surface area (Å²) < 4.78 is 17.1. The van der Waals surface area contributed by atoms with Gasteiger partial charge in [0.15, 0.2) is 17.9 Å². The molecule has 0 spiro atoms. The van der Waals surface area contributed by atoms with Crippen LogP contribution in [0.15, 0.2) is 18.2 Å². The second-order valence-electron chi connectivity index (χ2n) is 10.5. The molecule has 3 N–H and O–H groups in total. The molecule has 0 unspecified atom stereocenters. The highest BCUT2D eigenvalue weighted by Crippen LogP contribution is 2.29. The Balaban J connectivity index is 2.36. The van der Waals surface area contributed by atoms with Crippen molar-refractivity contribution < 1.29 is 43.3 Å². The van der Waals surface area contributed by atoms with Crippen LogP contribution in [0.1, 0.15) is 84.0 Å². The number of cyclic esters (lactones) is 2. The van der Waals surface area contributed by atoms with E-state index in [0.717, 1.165) is 12.8 Å². The molecule has 0 aliphatic carbocycles. The Morgan fingerprint density at radius 3 is 2.38 bits per heavy atom. The van der Waals surface area contributed by atoms with Gasteiger partial charge in [-0.15, -0.1) is 0 Å². The smallest absolute Gasteiger partial charge is 0.332 e. The third-order valence-electron chi connectivity index (χ3n) is 7.45. The van der Waals surface area contributed by atoms with E-state index in [0.29, 0.717) is 31.6 Å². The minimum Gasteiger partial charge on any atom is -0.505 e. The third kappa shape index (κ3) is 8.43. The second-order valence-corrected chi connectivity index (χ2v) is 10.5. The number of aromatic hydroxyl groups is 1. The number of rotatable bonds is 12. The highest BCUT2D eigenvalue weighted by atomic mass is 16.6. The number of para-hydroxylation sites is 1. The lowest BCUT2D eigenvalue weighted by Gasteiger charge is -2.30. The molecule has 222 valence electrons. The van der Waals surface area contributed by atoms with Crippen molar-refractivity contribution in [1.82, 2.24) is 5.32 Å². The lowest BCUT2D eigenvalue weighted by molar-refractivity contribution is -0.177. The van der Waals surface area contributed by atoms with Crippen molar-refractivity contribution in [2.24, 2.45) is 17.8 Å². The molecule has 1 saturated heterocycles. The molecular formula is C29H42N2O9. The van der Waals surface area contributed by atoms with Gasteiger partial charge >= 0.3 is 17.9 Å². The number of hydrogen-bond donors (Lipinski definition) is 3. The van der Waals surface area contributed by atoms with E-state index in [-0.39, 0.29) is 11.3 Å². The van der Waals surface area contributed by atoms with Crippen molar-refractivity contribution in [2.75, 3.05) is 5.32 Å². The maximum Gasteiger partial charge on any atom is 0.332 e. The summed E-state index contributed by atoms with van der Waals surface area (Å²) in [5.41, 5.74) is -0.214. The van der Waals surface area contributed by atoms with E-state index in [1.165, 1.54) is 32.0 Å². The van der Waals surface area contributed by atoms with Gasteiger partial charge in [0.05, 0.1) is 23.1 Å². The van der Waals surface area contributed by atoms with Crippen molar-refractivity contribution in [3.63, 3.8) is 0 Å². The number of ether oxygens (including phenoxy) is 3. The maximum atomic E-state index is 13.5. The van der Waals surface area contributed by atoms with Crippen LogP contribution in [0.5, 0.6) is 5.75 Å². The predicted molar refractivity (Wildman–Crippen MR) is 146 cm³/mol. The molecule has 40 heavy (non-hydrogen) atoms. The Kier molecular flexibility index (Phi) is 12.4. The monoisotopic (exact) mass is 562 g/mol. The molecule has 0 bridgehead atoms. The summed E-state index contributed by atoms with van der Waals surface area (Å²) in [6.45, 7) is 10.7. The van der Waals surface area contributed by atoms with Gasteiger partial charge in [-0.2, -0.15) is 0 Å². The quantitative estimate of drug-likeness (QED) is 0.149. The summed E-state index contributed by atoms with van der Waals surface area (Å²) in [5.74, 6) is -4.28. The number of benzene rings is 1. The largest absolute Gasteiger partial charge is 0.505 e. The lowest BCUT2D eigenvalue weighted by Crippen LogP contribution is -2.50. The van der Waals surface area contributed by atoms with E-state index in [1.54, 1.807) is 6.92 Å². The van der Waals surface area contributed by atoms with E-state index >= 15 is 0 Å². The van der Waals surface area contributed by atoms with E-state index in [4.69, 9.17) is 14.2 Å². The zero-order valence-corrected chi connectivity index (χ0v) is 24.1. The summed E-state index contributed by atoms with van der Waals surface area (Å²) in [5, 5.41) is 15.2. The predicted octanol–water partition coefficient (Wildman–Crippen LogP) is 3.73. The van der Waals surface area contributed by atoms with Gasteiger partial charge in [-0.3, -0.25) is 19.2 Å². The number of phenolic OH excluding ortho intramolecular Hbond substituents is 1. The molecule has 1 aliphatic rings. The second kappa shape index (κ2) is 15.2. The molecule has 0 saturated carbocycles. The lowest BCUT2D eigenvalue weighted by atomic mass is 9.90. The van der Waals surface area contributed by atoms with Crippen LogP contribution in [-0.2, 0) is 33.4 Å². The van der Waals surface area contributed by atoms with Crippen LogP contribution in [0.4, 0.5) is 5.69 Å².